The lowest BCUT2D eigenvalue weighted by Gasteiger charge is -2.36. The molecule has 1 saturated heterocycles. The van der Waals surface area contributed by atoms with Crippen LogP contribution in [0.25, 0.3) is 0 Å². The predicted octanol–water partition coefficient (Wildman–Crippen LogP) is 4.59. The number of imidazole rings is 1. The standard InChI is InChI=1S/C25H25F3N4O/c26-25(27,28)20-7-4-8-21(15-20)30-11-13-31(14-12-30)24(33)22-17-32-16-19(9-10-23(32)29-22)18-5-2-1-3-6-18/h1-8,15,17,19H,9-14,16H2/t19-/m1/s1. The number of aromatic nitrogens is 2. The number of carbonyl (C=O) groups excluding carboxylic acids is 1. The normalized spacial score (nSPS) is 18.8. The summed E-state index contributed by atoms with van der Waals surface area (Å²) >= 11 is 0. The first kappa shape index (κ1) is 21.6. The summed E-state index contributed by atoms with van der Waals surface area (Å²) in [5, 5.41) is 0. The van der Waals surface area contributed by atoms with Gasteiger partial charge in [-0.05, 0) is 30.2 Å². The second-order valence-corrected chi connectivity index (χ2v) is 8.67. The second-order valence-electron chi connectivity index (χ2n) is 8.67. The topological polar surface area (TPSA) is 41.4 Å². The van der Waals surface area contributed by atoms with Gasteiger partial charge in [-0.2, -0.15) is 13.2 Å². The third-order valence-electron chi connectivity index (χ3n) is 6.59. The average molecular weight is 454 g/mol. The zero-order valence-corrected chi connectivity index (χ0v) is 18.1. The van der Waals surface area contributed by atoms with Gasteiger partial charge in [0.1, 0.15) is 11.5 Å². The van der Waals surface area contributed by atoms with Gasteiger partial charge in [0.15, 0.2) is 0 Å². The van der Waals surface area contributed by atoms with Crippen LogP contribution in [0.15, 0.2) is 60.8 Å². The van der Waals surface area contributed by atoms with E-state index in [9.17, 15) is 18.0 Å². The molecule has 8 heteroatoms. The molecule has 0 radical (unpaired) electrons. The first-order valence-electron chi connectivity index (χ1n) is 11.2. The van der Waals surface area contributed by atoms with E-state index in [4.69, 9.17) is 0 Å². The zero-order valence-electron chi connectivity index (χ0n) is 18.1. The fraction of sp³-hybridized carbons (Fsp3) is 0.360. The van der Waals surface area contributed by atoms with Gasteiger partial charge < -0.3 is 14.4 Å². The Morgan fingerprint density at radius 3 is 2.45 bits per heavy atom. The fourth-order valence-electron chi connectivity index (χ4n) is 4.75. The first-order chi connectivity index (χ1) is 15.9. The molecular weight excluding hydrogens is 429 g/mol. The molecule has 172 valence electrons. The highest BCUT2D eigenvalue weighted by Gasteiger charge is 2.32. The molecule has 5 nitrogen and oxygen atoms in total. The maximum atomic E-state index is 13.1. The van der Waals surface area contributed by atoms with Crippen molar-refractivity contribution in [2.75, 3.05) is 31.1 Å². The number of rotatable bonds is 3. The lowest BCUT2D eigenvalue weighted by molar-refractivity contribution is -0.137. The molecule has 3 aromatic rings. The number of hydrogen-bond acceptors (Lipinski definition) is 3. The smallest absolute Gasteiger partial charge is 0.368 e. The SMILES string of the molecule is O=C(c1cn2c(n1)CC[C@@H](c1ccccc1)C2)N1CCN(c2cccc(C(F)(F)F)c2)CC1. The molecule has 0 spiro atoms. The minimum atomic E-state index is -4.37. The summed E-state index contributed by atoms with van der Waals surface area (Å²) in [5.41, 5.74) is 1.62. The molecule has 5 rings (SSSR count). The van der Waals surface area contributed by atoms with Gasteiger partial charge in [-0.15, -0.1) is 0 Å². The zero-order chi connectivity index (χ0) is 23.0. The Labute approximate surface area is 190 Å². The number of amides is 1. The molecule has 3 heterocycles. The van der Waals surface area contributed by atoms with Crippen molar-refractivity contribution in [2.24, 2.45) is 0 Å². The Hall–Kier alpha value is -3.29. The molecule has 1 atom stereocenters. The number of aryl methyl sites for hydroxylation is 1. The number of carbonyl (C=O) groups is 1. The van der Waals surface area contributed by atoms with Crippen molar-refractivity contribution in [1.29, 1.82) is 0 Å². The van der Waals surface area contributed by atoms with E-state index in [2.05, 4.69) is 21.7 Å². The molecule has 0 bridgehead atoms. The molecule has 33 heavy (non-hydrogen) atoms. The summed E-state index contributed by atoms with van der Waals surface area (Å²) in [4.78, 5) is 21.3. The average Bonchev–Trinajstić information content (AvgIpc) is 3.27. The Morgan fingerprint density at radius 1 is 0.970 bits per heavy atom. The van der Waals surface area contributed by atoms with Gasteiger partial charge in [0.05, 0.1) is 5.56 Å². The Balaban J connectivity index is 1.23. The van der Waals surface area contributed by atoms with E-state index in [1.165, 1.54) is 17.7 Å². The summed E-state index contributed by atoms with van der Waals surface area (Å²) in [5.74, 6) is 1.23. The van der Waals surface area contributed by atoms with Crippen molar-refractivity contribution in [1.82, 2.24) is 14.5 Å². The Bertz CT molecular complexity index is 1130. The molecule has 0 aliphatic carbocycles. The van der Waals surface area contributed by atoms with E-state index in [0.29, 0.717) is 43.5 Å². The minimum absolute atomic E-state index is 0.114. The van der Waals surface area contributed by atoms with Crippen LogP contribution in [0.1, 0.15) is 39.8 Å². The molecule has 0 saturated carbocycles. The number of halogens is 3. The molecule has 0 N–H and O–H groups in total. The van der Waals surface area contributed by atoms with Gasteiger partial charge in [-0.1, -0.05) is 36.4 Å². The third kappa shape index (κ3) is 4.47. The summed E-state index contributed by atoms with van der Waals surface area (Å²) in [6.07, 6.45) is -0.681. The van der Waals surface area contributed by atoms with Gasteiger partial charge in [0, 0.05) is 56.9 Å². The number of anilines is 1. The number of benzene rings is 2. The van der Waals surface area contributed by atoms with Gasteiger partial charge in [-0.3, -0.25) is 4.79 Å². The molecule has 2 aliphatic rings. The number of piperazine rings is 1. The van der Waals surface area contributed by atoms with Crippen molar-refractivity contribution in [3.8, 4) is 0 Å². The monoisotopic (exact) mass is 454 g/mol. The molecular formula is C25H25F3N4O. The van der Waals surface area contributed by atoms with E-state index in [-0.39, 0.29) is 5.91 Å². The van der Waals surface area contributed by atoms with E-state index < -0.39 is 11.7 Å². The lowest BCUT2D eigenvalue weighted by atomic mass is 9.92. The van der Waals surface area contributed by atoms with E-state index >= 15 is 0 Å². The first-order valence-corrected chi connectivity index (χ1v) is 11.2. The van der Waals surface area contributed by atoms with E-state index in [1.807, 2.05) is 29.3 Å². The van der Waals surface area contributed by atoms with Crippen LogP contribution in [0, 0.1) is 0 Å². The van der Waals surface area contributed by atoms with Crippen LogP contribution in [0.3, 0.4) is 0 Å². The van der Waals surface area contributed by atoms with Gasteiger partial charge in [-0.25, -0.2) is 4.98 Å². The van der Waals surface area contributed by atoms with Crippen molar-refractivity contribution in [3.05, 3.63) is 83.4 Å². The van der Waals surface area contributed by atoms with Gasteiger partial charge in [0.2, 0.25) is 0 Å². The highest BCUT2D eigenvalue weighted by Crippen LogP contribution is 2.32. The molecule has 1 amide bonds. The van der Waals surface area contributed by atoms with Crippen LogP contribution in [0.5, 0.6) is 0 Å². The van der Waals surface area contributed by atoms with Crippen LogP contribution < -0.4 is 4.90 Å². The molecule has 2 aromatic carbocycles. The quantitative estimate of drug-likeness (QED) is 0.581. The van der Waals surface area contributed by atoms with Crippen molar-refractivity contribution < 1.29 is 18.0 Å². The van der Waals surface area contributed by atoms with E-state index in [1.54, 1.807) is 11.0 Å². The van der Waals surface area contributed by atoms with Crippen LogP contribution in [-0.2, 0) is 19.1 Å². The van der Waals surface area contributed by atoms with E-state index in [0.717, 1.165) is 31.3 Å². The van der Waals surface area contributed by atoms with Crippen molar-refractivity contribution in [2.45, 2.75) is 31.5 Å². The number of nitrogens with zero attached hydrogens (tertiary/aromatic N) is 4. The minimum Gasteiger partial charge on any atom is -0.368 e. The van der Waals surface area contributed by atoms with Crippen LogP contribution in [0.2, 0.25) is 0 Å². The Morgan fingerprint density at radius 2 is 1.73 bits per heavy atom. The van der Waals surface area contributed by atoms with Gasteiger partial charge in [0.25, 0.3) is 5.91 Å². The lowest BCUT2D eigenvalue weighted by Crippen LogP contribution is -2.49. The van der Waals surface area contributed by atoms with Crippen LogP contribution in [-0.4, -0.2) is 46.5 Å². The second kappa shape index (κ2) is 8.57. The maximum absolute atomic E-state index is 13.1. The summed E-state index contributed by atoms with van der Waals surface area (Å²) in [6.45, 7) is 2.67. The van der Waals surface area contributed by atoms with Crippen molar-refractivity contribution >= 4 is 11.6 Å². The van der Waals surface area contributed by atoms with Gasteiger partial charge >= 0.3 is 6.18 Å². The fourth-order valence-corrected chi connectivity index (χ4v) is 4.75. The molecule has 2 aliphatic heterocycles. The molecule has 1 fully saturated rings. The maximum Gasteiger partial charge on any atom is 0.416 e. The highest BCUT2D eigenvalue weighted by molar-refractivity contribution is 5.92. The van der Waals surface area contributed by atoms with Crippen molar-refractivity contribution in [3.63, 3.8) is 0 Å². The predicted molar refractivity (Wildman–Crippen MR) is 119 cm³/mol. The van der Waals surface area contributed by atoms with Crippen LogP contribution >= 0.6 is 0 Å². The number of hydrogen-bond donors (Lipinski definition) is 0. The summed E-state index contributed by atoms with van der Waals surface area (Å²) < 4.78 is 41.2. The third-order valence-corrected chi connectivity index (χ3v) is 6.59. The highest BCUT2D eigenvalue weighted by atomic mass is 19.4. The Kier molecular flexibility index (Phi) is 5.60. The largest absolute Gasteiger partial charge is 0.416 e. The number of alkyl halides is 3. The van der Waals surface area contributed by atoms with Crippen LogP contribution in [0.4, 0.5) is 18.9 Å². The summed E-state index contributed by atoms with van der Waals surface area (Å²) in [7, 11) is 0. The summed E-state index contributed by atoms with van der Waals surface area (Å²) in [6, 6.07) is 15.7. The number of fused-ring (bicyclic) bond motifs is 1. The molecule has 0 unspecified atom stereocenters. The molecule has 1 aromatic heterocycles.